The number of esters is 1. The van der Waals surface area contributed by atoms with E-state index in [0.717, 1.165) is 13.2 Å². The van der Waals surface area contributed by atoms with Gasteiger partial charge in [0.2, 0.25) is 0 Å². The van der Waals surface area contributed by atoms with Gasteiger partial charge in [-0.05, 0) is 55.7 Å². The Labute approximate surface area is 199 Å². The second-order valence-corrected chi connectivity index (χ2v) is 8.47. The number of hydrogen-bond acceptors (Lipinski definition) is 6. The fraction of sp³-hybridized carbons (Fsp3) is 0.391. The van der Waals surface area contributed by atoms with Crippen molar-refractivity contribution in [2.75, 3.05) is 25.5 Å². The molecule has 0 bridgehead atoms. The van der Waals surface area contributed by atoms with Gasteiger partial charge in [-0.3, -0.25) is 4.90 Å². The van der Waals surface area contributed by atoms with Crippen LogP contribution in [0.2, 0.25) is 5.02 Å². The predicted octanol–water partition coefficient (Wildman–Crippen LogP) is 5.63. The van der Waals surface area contributed by atoms with Gasteiger partial charge in [-0.25, -0.2) is 9.18 Å². The molecule has 0 aromatic heterocycles. The molecule has 0 atom stereocenters. The van der Waals surface area contributed by atoms with Crippen LogP contribution in [0.5, 0.6) is 5.75 Å². The fourth-order valence-electron chi connectivity index (χ4n) is 3.89. The Balaban J connectivity index is 1.64. The first-order valence-electron chi connectivity index (χ1n) is 10.5. The lowest BCUT2D eigenvalue weighted by atomic mass is 10.00. The van der Waals surface area contributed by atoms with E-state index in [1.165, 1.54) is 18.2 Å². The van der Waals surface area contributed by atoms with Gasteiger partial charge in [-0.15, -0.1) is 13.2 Å². The summed E-state index contributed by atoms with van der Waals surface area (Å²) in [7, 11) is 1.16. The number of anilines is 1. The highest BCUT2D eigenvalue weighted by Crippen LogP contribution is 2.29. The SMILES string of the molecule is COC(=O)c1cc(C(C)=N)c(NC2CCN(Cc3cc(Cl)cc(OC(F)(F)F)c3)CC2)cc1F. The van der Waals surface area contributed by atoms with Crippen LogP contribution < -0.4 is 10.1 Å². The van der Waals surface area contributed by atoms with Gasteiger partial charge >= 0.3 is 12.3 Å². The summed E-state index contributed by atoms with van der Waals surface area (Å²) in [5.41, 5.74) is 1.35. The van der Waals surface area contributed by atoms with E-state index in [0.29, 0.717) is 49.3 Å². The minimum atomic E-state index is -4.80. The topological polar surface area (TPSA) is 74.7 Å². The highest BCUT2D eigenvalue weighted by atomic mass is 35.5. The third-order valence-corrected chi connectivity index (χ3v) is 5.65. The van der Waals surface area contributed by atoms with E-state index in [-0.39, 0.29) is 28.1 Å². The zero-order chi connectivity index (χ0) is 25.0. The maximum atomic E-state index is 14.4. The lowest BCUT2D eigenvalue weighted by Crippen LogP contribution is -2.39. The second-order valence-electron chi connectivity index (χ2n) is 8.03. The average Bonchev–Trinajstić information content (AvgIpc) is 2.73. The van der Waals surface area contributed by atoms with Gasteiger partial charge in [0.1, 0.15) is 11.6 Å². The molecule has 1 saturated heterocycles. The quantitative estimate of drug-likeness (QED) is 0.292. The van der Waals surface area contributed by atoms with Gasteiger partial charge < -0.3 is 20.2 Å². The smallest absolute Gasteiger partial charge is 0.465 e. The molecule has 1 fully saturated rings. The Morgan fingerprint density at radius 1 is 1.18 bits per heavy atom. The van der Waals surface area contributed by atoms with Gasteiger partial charge in [0.05, 0.1) is 12.7 Å². The molecule has 34 heavy (non-hydrogen) atoms. The minimum Gasteiger partial charge on any atom is -0.465 e. The molecule has 2 aromatic carbocycles. The summed E-state index contributed by atoms with van der Waals surface area (Å²) in [4.78, 5) is 13.9. The van der Waals surface area contributed by atoms with Crippen molar-refractivity contribution in [3.8, 4) is 5.75 Å². The molecule has 2 N–H and O–H groups in total. The molecule has 2 aromatic rings. The Morgan fingerprint density at radius 2 is 1.85 bits per heavy atom. The third kappa shape index (κ3) is 6.83. The number of ether oxygens (including phenoxy) is 2. The Morgan fingerprint density at radius 3 is 2.44 bits per heavy atom. The van der Waals surface area contributed by atoms with Crippen molar-refractivity contribution in [2.24, 2.45) is 0 Å². The molecule has 1 aliphatic heterocycles. The molecular formula is C23H24ClF4N3O3. The van der Waals surface area contributed by atoms with E-state index in [1.807, 2.05) is 0 Å². The van der Waals surface area contributed by atoms with E-state index in [9.17, 15) is 22.4 Å². The number of carbonyl (C=O) groups excluding carboxylic acids is 1. The number of piperidine rings is 1. The number of methoxy groups -OCH3 is 1. The maximum absolute atomic E-state index is 14.4. The number of carbonyl (C=O) groups is 1. The highest BCUT2D eigenvalue weighted by molar-refractivity contribution is 6.30. The number of benzene rings is 2. The molecule has 11 heteroatoms. The third-order valence-electron chi connectivity index (χ3n) is 5.43. The standard InChI is InChI=1S/C23H24ClF4N3O3/c1-13(29)18-10-19(22(32)33-2)20(25)11-21(18)30-16-3-5-31(6-4-16)12-14-7-15(24)9-17(8-14)34-23(26,27)28/h7-11,16,29-30H,3-6,12H2,1-2H3. The lowest BCUT2D eigenvalue weighted by Gasteiger charge is -2.33. The number of halogens is 5. The van der Waals surface area contributed by atoms with Gasteiger partial charge in [0.15, 0.2) is 0 Å². The average molecular weight is 502 g/mol. The number of rotatable bonds is 7. The van der Waals surface area contributed by atoms with Crippen LogP contribution in [-0.2, 0) is 11.3 Å². The number of hydrogen-bond donors (Lipinski definition) is 2. The highest BCUT2D eigenvalue weighted by Gasteiger charge is 2.31. The summed E-state index contributed by atoms with van der Waals surface area (Å²) in [5.74, 6) is -1.92. The van der Waals surface area contributed by atoms with Crippen molar-refractivity contribution in [2.45, 2.75) is 38.7 Å². The van der Waals surface area contributed by atoms with E-state index < -0.39 is 18.1 Å². The molecule has 1 aliphatic rings. The molecule has 6 nitrogen and oxygen atoms in total. The normalized spacial score (nSPS) is 15.1. The first-order chi connectivity index (χ1) is 15.9. The first kappa shape index (κ1) is 25.8. The molecule has 0 spiro atoms. The van der Waals surface area contributed by atoms with Crippen LogP contribution in [0.15, 0.2) is 30.3 Å². The lowest BCUT2D eigenvalue weighted by molar-refractivity contribution is -0.274. The minimum absolute atomic E-state index is 0.0128. The second kappa shape index (κ2) is 10.6. The van der Waals surface area contributed by atoms with Gasteiger partial charge in [-0.2, -0.15) is 0 Å². The summed E-state index contributed by atoms with van der Waals surface area (Å²) >= 11 is 5.95. The summed E-state index contributed by atoms with van der Waals surface area (Å²) in [6, 6.07) is 6.51. The molecule has 0 aliphatic carbocycles. The monoisotopic (exact) mass is 501 g/mol. The fourth-order valence-corrected chi connectivity index (χ4v) is 4.14. The van der Waals surface area contributed by atoms with Crippen LogP contribution in [0.1, 0.15) is 41.3 Å². The number of likely N-dealkylation sites (tertiary alicyclic amines) is 1. The molecule has 1 heterocycles. The summed E-state index contributed by atoms with van der Waals surface area (Å²) in [6.07, 6.45) is -3.43. The van der Waals surface area contributed by atoms with Crippen molar-refractivity contribution in [1.29, 1.82) is 5.41 Å². The van der Waals surface area contributed by atoms with Gasteiger partial charge in [-0.1, -0.05) is 11.6 Å². The van der Waals surface area contributed by atoms with Crippen molar-refractivity contribution in [3.63, 3.8) is 0 Å². The van der Waals surface area contributed by atoms with Crippen LogP contribution in [0, 0.1) is 11.2 Å². The molecule has 0 unspecified atom stereocenters. The summed E-state index contributed by atoms with van der Waals surface area (Å²) in [5, 5.41) is 11.4. The molecule has 0 saturated carbocycles. The van der Waals surface area contributed by atoms with Crippen LogP contribution >= 0.6 is 11.6 Å². The molecular weight excluding hydrogens is 478 g/mol. The van der Waals surface area contributed by atoms with E-state index >= 15 is 0 Å². The Kier molecular flexibility index (Phi) is 8.04. The van der Waals surface area contributed by atoms with E-state index in [2.05, 4.69) is 19.7 Å². The zero-order valence-corrected chi connectivity index (χ0v) is 19.3. The zero-order valence-electron chi connectivity index (χ0n) is 18.6. The molecule has 184 valence electrons. The molecule has 0 amide bonds. The first-order valence-corrected chi connectivity index (χ1v) is 10.8. The van der Waals surface area contributed by atoms with Crippen LogP contribution in [0.3, 0.4) is 0 Å². The number of alkyl halides is 3. The van der Waals surface area contributed by atoms with Gasteiger partial charge in [0, 0.05) is 47.7 Å². The number of nitrogens with one attached hydrogen (secondary N) is 2. The van der Waals surface area contributed by atoms with Crippen molar-refractivity contribution in [3.05, 3.63) is 57.9 Å². The van der Waals surface area contributed by atoms with Crippen molar-refractivity contribution in [1.82, 2.24) is 4.90 Å². The van der Waals surface area contributed by atoms with Crippen LogP contribution in [0.4, 0.5) is 23.2 Å². The van der Waals surface area contributed by atoms with Gasteiger partial charge in [0.25, 0.3) is 0 Å². The maximum Gasteiger partial charge on any atom is 0.573 e. The van der Waals surface area contributed by atoms with Crippen molar-refractivity contribution >= 4 is 29.0 Å². The Bertz CT molecular complexity index is 1070. The van der Waals surface area contributed by atoms with Crippen LogP contribution in [0.25, 0.3) is 0 Å². The predicted molar refractivity (Wildman–Crippen MR) is 120 cm³/mol. The number of nitrogens with zero attached hydrogens (tertiary/aromatic N) is 1. The van der Waals surface area contributed by atoms with E-state index in [4.69, 9.17) is 17.0 Å². The molecule has 3 rings (SSSR count). The largest absolute Gasteiger partial charge is 0.573 e. The summed E-state index contributed by atoms with van der Waals surface area (Å²) in [6.45, 7) is 3.22. The molecule has 0 radical (unpaired) electrons. The Hall–Kier alpha value is -2.85. The van der Waals surface area contributed by atoms with Crippen molar-refractivity contribution < 1.29 is 31.8 Å². The van der Waals surface area contributed by atoms with Crippen LogP contribution in [-0.4, -0.2) is 49.2 Å². The summed E-state index contributed by atoms with van der Waals surface area (Å²) < 4.78 is 60.6. The van der Waals surface area contributed by atoms with E-state index in [1.54, 1.807) is 13.0 Å².